The Balaban J connectivity index is 1.58. The summed E-state index contributed by atoms with van der Waals surface area (Å²) >= 11 is 0. The summed E-state index contributed by atoms with van der Waals surface area (Å²) in [7, 11) is 0. The number of rotatable bonds is 5. The van der Waals surface area contributed by atoms with Gasteiger partial charge in [-0.1, -0.05) is 61.5 Å². The van der Waals surface area contributed by atoms with E-state index in [0.717, 1.165) is 16.8 Å². The molecule has 3 aromatic carbocycles. The highest BCUT2D eigenvalue weighted by molar-refractivity contribution is 5.99. The number of hydrogen-bond donors (Lipinski definition) is 1. The predicted octanol–water partition coefficient (Wildman–Crippen LogP) is 5.44. The maximum absolute atomic E-state index is 13.6. The van der Waals surface area contributed by atoms with Crippen molar-refractivity contribution in [3.63, 3.8) is 0 Å². The molecular formula is C29H31N3O4. The first kappa shape index (κ1) is 25.0. The second-order valence-electron chi connectivity index (χ2n) is 8.87. The van der Waals surface area contributed by atoms with E-state index in [1.807, 2.05) is 48.5 Å². The number of nitrogens with one attached hydrogen (secondary N) is 1. The van der Waals surface area contributed by atoms with Crippen molar-refractivity contribution < 1.29 is 19.1 Å². The molecule has 1 N–H and O–H groups in total. The molecule has 0 fully saturated rings. The van der Waals surface area contributed by atoms with Crippen molar-refractivity contribution >= 4 is 29.3 Å². The van der Waals surface area contributed by atoms with Crippen molar-refractivity contribution in [2.24, 2.45) is 0 Å². The molecule has 0 aromatic heterocycles. The van der Waals surface area contributed by atoms with Crippen molar-refractivity contribution in [2.45, 2.75) is 32.7 Å². The second-order valence-corrected chi connectivity index (χ2v) is 8.87. The summed E-state index contributed by atoms with van der Waals surface area (Å²) in [5.41, 5.74) is 3.80. The Morgan fingerprint density at radius 1 is 1.00 bits per heavy atom. The van der Waals surface area contributed by atoms with Crippen molar-refractivity contribution in [3.8, 4) is 0 Å². The molecule has 0 saturated heterocycles. The average Bonchev–Trinajstić information content (AvgIpc) is 2.94. The normalized spacial score (nSPS) is 15.8. The van der Waals surface area contributed by atoms with Gasteiger partial charge in [-0.05, 0) is 54.7 Å². The van der Waals surface area contributed by atoms with Crippen LogP contribution < -0.4 is 10.2 Å². The van der Waals surface area contributed by atoms with E-state index in [0.29, 0.717) is 30.8 Å². The molecule has 3 aromatic rings. The van der Waals surface area contributed by atoms with Gasteiger partial charge in [0.1, 0.15) is 6.54 Å². The van der Waals surface area contributed by atoms with Gasteiger partial charge in [-0.2, -0.15) is 0 Å². The molecule has 0 aliphatic carbocycles. The molecule has 1 atom stereocenters. The zero-order valence-electron chi connectivity index (χ0n) is 20.6. The molecule has 4 rings (SSSR count). The van der Waals surface area contributed by atoms with E-state index in [2.05, 4.69) is 18.3 Å². The van der Waals surface area contributed by atoms with E-state index >= 15 is 0 Å². The zero-order valence-corrected chi connectivity index (χ0v) is 20.6. The lowest BCUT2D eigenvalue weighted by atomic mass is 9.95. The van der Waals surface area contributed by atoms with Gasteiger partial charge in [0.2, 0.25) is 5.91 Å². The van der Waals surface area contributed by atoms with E-state index < -0.39 is 5.97 Å². The number of anilines is 2. The van der Waals surface area contributed by atoms with Crippen LogP contribution in [0.1, 0.15) is 47.7 Å². The minimum absolute atomic E-state index is 0.0582. The number of carbonyl (C=O) groups is 3. The fraction of sp³-hybridized carbons (Fsp3) is 0.276. The molecule has 0 radical (unpaired) electrons. The minimum atomic E-state index is -0.449. The van der Waals surface area contributed by atoms with Gasteiger partial charge in [0.25, 0.3) is 0 Å². The van der Waals surface area contributed by atoms with Crippen LogP contribution in [0, 0.1) is 0 Å². The molecule has 1 unspecified atom stereocenters. The van der Waals surface area contributed by atoms with E-state index in [-0.39, 0.29) is 31.0 Å². The summed E-state index contributed by atoms with van der Waals surface area (Å²) < 4.78 is 5.05. The number of benzene rings is 3. The maximum atomic E-state index is 13.6. The number of hydrogen-bond acceptors (Lipinski definition) is 4. The lowest BCUT2D eigenvalue weighted by Gasteiger charge is -2.27. The molecule has 7 nitrogen and oxygen atoms in total. The van der Waals surface area contributed by atoms with Gasteiger partial charge in [-0.15, -0.1) is 0 Å². The number of carbonyl (C=O) groups excluding carboxylic acids is 3. The highest BCUT2D eigenvalue weighted by Crippen LogP contribution is 2.32. The standard InChI is InChI=1S/C29H31N3O4/c1-3-36-28(34)23-12-9-13-24(18-23)30-29(35)31-17-16-21(2)25-14-7-8-15-26(25)32(27(33)20-31)19-22-10-5-4-6-11-22/h4-15,18,21H,3,16-17,19-20H2,1-2H3,(H,30,35). The van der Waals surface area contributed by atoms with Gasteiger partial charge in [0, 0.05) is 17.9 Å². The number of fused-ring (bicyclic) bond motifs is 1. The number of amides is 3. The van der Waals surface area contributed by atoms with Gasteiger partial charge < -0.3 is 19.9 Å². The Labute approximate surface area is 211 Å². The molecular weight excluding hydrogens is 454 g/mol. The summed E-state index contributed by atoms with van der Waals surface area (Å²) in [4.78, 5) is 42.3. The van der Waals surface area contributed by atoms with Crippen LogP contribution in [0.4, 0.5) is 16.2 Å². The largest absolute Gasteiger partial charge is 0.462 e. The van der Waals surface area contributed by atoms with Crippen LogP contribution >= 0.6 is 0 Å². The number of esters is 1. The van der Waals surface area contributed by atoms with Gasteiger partial charge in [-0.3, -0.25) is 4.79 Å². The van der Waals surface area contributed by atoms with E-state index in [9.17, 15) is 14.4 Å². The third kappa shape index (κ3) is 5.92. The van der Waals surface area contributed by atoms with Crippen molar-refractivity contribution in [2.75, 3.05) is 29.9 Å². The lowest BCUT2D eigenvalue weighted by molar-refractivity contribution is -0.119. The number of para-hydroxylation sites is 1. The Morgan fingerprint density at radius 2 is 1.75 bits per heavy atom. The van der Waals surface area contributed by atoms with Crippen LogP contribution in [-0.2, 0) is 16.1 Å². The summed E-state index contributed by atoms with van der Waals surface area (Å²) in [6.45, 7) is 4.91. The van der Waals surface area contributed by atoms with Gasteiger partial charge in [0.05, 0.1) is 18.7 Å². The van der Waals surface area contributed by atoms with Crippen LogP contribution in [0.3, 0.4) is 0 Å². The lowest BCUT2D eigenvalue weighted by Crippen LogP contribution is -2.44. The molecule has 186 valence electrons. The first-order valence-corrected chi connectivity index (χ1v) is 12.2. The second kappa shape index (κ2) is 11.5. The third-order valence-corrected chi connectivity index (χ3v) is 6.31. The van der Waals surface area contributed by atoms with Crippen LogP contribution in [-0.4, -0.2) is 42.5 Å². The van der Waals surface area contributed by atoms with Gasteiger partial charge in [0.15, 0.2) is 0 Å². The maximum Gasteiger partial charge on any atom is 0.338 e. The molecule has 1 heterocycles. The molecule has 1 aliphatic rings. The summed E-state index contributed by atoms with van der Waals surface area (Å²) in [5.74, 6) is -0.460. The highest BCUT2D eigenvalue weighted by Gasteiger charge is 2.28. The summed E-state index contributed by atoms with van der Waals surface area (Å²) in [6, 6.07) is 24.0. The third-order valence-electron chi connectivity index (χ3n) is 6.31. The highest BCUT2D eigenvalue weighted by atomic mass is 16.5. The molecule has 3 amide bonds. The molecule has 0 bridgehead atoms. The Bertz CT molecular complexity index is 1230. The van der Waals surface area contributed by atoms with E-state index in [4.69, 9.17) is 4.74 Å². The van der Waals surface area contributed by atoms with Crippen molar-refractivity contribution in [3.05, 3.63) is 95.6 Å². The Morgan fingerprint density at radius 3 is 2.53 bits per heavy atom. The smallest absolute Gasteiger partial charge is 0.338 e. The van der Waals surface area contributed by atoms with Gasteiger partial charge >= 0.3 is 12.0 Å². The van der Waals surface area contributed by atoms with Crippen LogP contribution in [0.2, 0.25) is 0 Å². The SMILES string of the molecule is CCOC(=O)c1cccc(NC(=O)N2CCC(C)c3ccccc3N(Cc3ccccc3)C(=O)C2)c1. The van der Waals surface area contributed by atoms with Crippen LogP contribution in [0.15, 0.2) is 78.9 Å². The number of urea groups is 1. The molecule has 7 heteroatoms. The first-order chi connectivity index (χ1) is 17.5. The fourth-order valence-electron chi connectivity index (χ4n) is 4.37. The van der Waals surface area contributed by atoms with E-state index in [1.165, 1.54) is 0 Å². The van der Waals surface area contributed by atoms with Crippen LogP contribution in [0.5, 0.6) is 0 Å². The number of nitrogens with zero attached hydrogens (tertiary/aromatic N) is 2. The molecule has 0 saturated carbocycles. The Hall–Kier alpha value is -4.13. The number of ether oxygens (including phenoxy) is 1. The first-order valence-electron chi connectivity index (χ1n) is 12.2. The van der Waals surface area contributed by atoms with E-state index in [1.54, 1.807) is 41.0 Å². The molecule has 1 aliphatic heterocycles. The Kier molecular flexibility index (Phi) is 8.00. The average molecular weight is 486 g/mol. The summed E-state index contributed by atoms with van der Waals surface area (Å²) in [5, 5.41) is 2.85. The van der Waals surface area contributed by atoms with Crippen LogP contribution in [0.25, 0.3) is 0 Å². The summed E-state index contributed by atoms with van der Waals surface area (Å²) in [6.07, 6.45) is 0.708. The van der Waals surface area contributed by atoms with Crippen molar-refractivity contribution in [1.29, 1.82) is 0 Å². The van der Waals surface area contributed by atoms with Gasteiger partial charge in [-0.25, -0.2) is 9.59 Å². The topological polar surface area (TPSA) is 79.0 Å². The fourth-order valence-corrected chi connectivity index (χ4v) is 4.37. The molecule has 36 heavy (non-hydrogen) atoms. The minimum Gasteiger partial charge on any atom is -0.462 e. The quantitative estimate of drug-likeness (QED) is 0.488. The molecule has 0 spiro atoms. The van der Waals surface area contributed by atoms with Crippen molar-refractivity contribution in [1.82, 2.24) is 4.90 Å². The monoisotopic (exact) mass is 485 g/mol. The predicted molar refractivity (Wildman–Crippen MR) is 140 cm³/mol. The zero-order chi connectivity index (χ0) is 25.5.